The van der Waals surface area contributed by atoms with Gasteiger partial charge in [-0.05, 0) is 63.9 Å². The molecular weight excluding hydrogens is 406 g/mol. The van der Waals surface area contributed by atoms with Crippen molar-refractivity contribution in [3.8, 4) is 5.75 Å². The monoisotopic (exact) mass is 435 g/mol. The number of hydrogen-bond acceptors (Lipinski definition) is 4. The molecule has 0 spiro atoms. The number of ether oxygens (including phenoxy) is 1. The Morgan fingerprint density at radius 1 is 1.12 bits per heavy atom. The molecule has 0 bridgehead atoms. The summed E-state index contributed by atoms with van der Waals surface area (Å²) in [4.78, 5) is 42.2. The van der Waals surface area contributed by atoms with E-state index in [0.717, 1.165) is 11.3 Å². The maximum absolute atomic E-state index is 13.3. The molecule has 3 amide bonds. The highest BCUT2D eigenvalue weighted by atomic mass is 16.5. The van der Waals surface area contributed by atoms with Crippen molar-refractivity contribution in [2.45, 2.75) is 58.3 Å². The minimum atomic E-state index is -0.853. The lowest BCUT2D eigenvalue weighted by molar-refractivity contribution is -0.124. The molecular formula is C25H29N3O4. The van der Waals surface area contributed by atoms with Gasteiger partial charge in [0.1, 0.15) is 18.0 Å². The maximum Gasteiger partial charge on any atom is 0.258 e. The van der Waals surface area contributed by atoms with Crippen molar-refractivity contribution in [2.75, 3.05) is 11.4 Å². The first-order valence-electron chi connectivity index (χ1n) is 11.0. The second kappa shape index (κ2) is 8.30. The Balaban J connectivity index is 1.53. The van der Waals surface area contributed by atoms with Crippen molar-refractivity contribution in [1.29, 1.82) is 0 Å². The van der Waals surface area contributed by atoms with E-state index in [4.69, 9.17) is 4.74 Å². The number of para-hydroxylation sites is 1. The van der Waals surface area contributed by atoms with Crippen LogP contribution in [0.1, 0.15) is 62.5 Å². The molecule has 0 aliphatic carbocycles. The molecule has 2 atom stereocenters. The van der Waals surface area contributed by atoms with Crippen molar-refractivity contribution in [1.82, 2.24) is 10.2 Å². The fourth-order valence-corrected chi connectivity index (χ4v) is 4.58. The summed E-state index contributed by atoms with van der Waals surface area (Å²) in [5.74, 6) is 0.201. The molecule has 0 radical (unpaired) electrons. The summed E-state index contributed by atoms with van der Waals surface area (Å²) in [7, 11) is 0. The number of nitrogens with zero attached hydrogens (tertiary/aromatic N) is 2. The number of fused-ring (bicyclic) bond motifs is 3. The predicted octanol–water partition coefficient (Wildman–Crippen LogP) is 3.65. The Hall–Kier alpha value is -3.35. The number of amides is 3. The van der Waals surface area contributed by atoms with Gasteiger partial charge in [0.25, 0.3) is 5.91 Å². The van der Waals surface area contributed by atoms with Crippen LogP contribution in [0.15, 0.2) is 48.5 Å². The average Bonchev–Trinajstić information content (AvgIpc) is 3.06. The third-order valence-corrected chi connectivity index (χ3v) is 6.15. The van der Waals surface area contributed by atoms with Crippen LogP contribution in [0, 0.1) is 0 Å². The zero-order valence-electron chi connectivity index (χ0n) is 18.9. The van der Waals surface area contributed by atoms with Gasteiger partial charge in [0.15, 0.2) is 0 Å². The molecule has 1 N–H and O–H groups in total. The van der Waals surface area contributed by atoms with Crippen LogP contribution in [0.25, 0.3) is 0 Å². The molecule has 2 aromatic rings. The number of anilines is 1. The molecule has 2 heterocycles. The largest absolute Gasteiger partial charge is 0.491 e. The molecule has 2 aromatic carbocycles. The second-order valence-electron chi connectivity index (χ2n) is 8.88. The molecule has 4 rings (SSSR count). The summed E-state index contributed by atoms with van der Waals surface area (Å²) in [6.45, 7) is 7.55. The number of carbonyl (C=O) groups is 3. The minimum absolute atomic E-state index is 0.0341. The van der Waals surface area contributed by atoms with E-state index in [1.54, 1.807) is 23.1 Å². The molecule has 168 valence electrons. The fraction of sp³-hybridized carbons (Fsp3) is 0.400. The van der Waals surface area contributed by atoms with E-state index in [0.29, 0.717) is 24.1 Å². The highest BCUT2D eigenvalue weighted by Gasteiger charge is 2.53. The standard InChI is InChI=1S/C25H29N3O4/c1-16(2)32-19-9-7-8-18(14-19)17(3)26-22(29)15-27-24(31)20-10-5-6-11-21(20)28-23(30)12-13-25(27,28)4/h5-11,14,16-17H,12-13,15H2,1-4H3,(H,26,29). The van der Waals surface area contributed by atoms with Gasteiger partial charge in [0.2, 0.25) is 11.8 Å². The predicted molar refractivity (Wildman–Crippen MR) is 121 cm³/mol. The van der Waals surface area contributed by atoms with Gasteiger partial charge < -0.3 is 15.0 Å². The number of benzene rings is 2. The summed E-state index contributed by atoms with van der Waals surface area (Å²) in [6.07, 6.45) is 0.888. The van der Waals surface area contributed by atoms with E-state index in [9.17, 15) is 14.4 Å². The minimum Gasteiger partial charge on any atom is -0.491 e. The molecule has 2 unspecified atom stereocenters. The van der Waals surface area contributed by atoms with Gasteiger partial charge >= 0.3 is 0 Å². The third kappa shape index (κ3) is 3.83. The molecule has 0 aromatic heterocycles. The van der Waals surface area contributed by atoms with Crippen LogP contribution >= 0.6 is 0 Å². The molecule has 0 saturated carbocycles. The Labute approximate surface area is 188 Å². The van der Waals surface area contributed by atoms with Crippen LogP contribution < -0.4 is 15.0 Å². The van der Waals surface area contributed by atoms with Crippen LogP contribution in [-0.2, 0) is 9.59 Å². The Morgan fingerprint density at radius 3 is 2.62 bits per heavy atom. The zero-order valence-corrected chi connectivity index (χ0v) is 18.9. The highest BCUT2D eigenvalue weighted by Crippen LogP contribution is 2.43. The quantitative estimate of drug-likeness (QED) is 0.751. The lowest BCUT2D eigenvalue weighted by Gasteiger charge is -2.48. The van der Waals surface area contributed by atoms with Crippen LogP contribution in [0.5, 0.6) is 5.75 Å². The van der Waals surface area contributed by atoms with Crippen molar-refractivity contribution in [3.63, 3.8) is 0 Å². The van der Waals surface area contributed by atoms with Gasteiger partial charge in [-0.25, -0.2) is 0 Å². The van der Waals surface area contributed by atoms with Crippen molar-refractivity contribution < 1.29 is 19.1 Å². The van der Waals surface area contributed by atoms with Gasteiger partial charge in [-0.2, -0.15) is 0 Å². The summed E-state index contributed by atoms with van der Waals surface area (Å²) in [6, 6.07) is 14.4. The van der Waals surface area contributed by atoms with Crippen molar-refractivity contribution in [3.05, 3.63) is 59.7 Å². The van der Waals surface area contributed by atoms with Crippen LogP contribution in [0.2, 0.25) is 0 Å². The second-order valence-corrected chi connectivity index (χ2v) is 8.88. The molecule has 1 fully saturated rings. The number of rotatable bonds is 6. The van der Waals surface area contributed by atoms with E-state index in [2.05, 4.69) is 5.32 Å². The Kier molecular flexibility index (Phi) is 5.67. The van der Waals surface area contributed by atoms with Gasteiger partial charge in [0, 0.05) is 6.42 Å². The molecule has 7 nitrogen and oxygen atoms in total. The third-order valence-electron chi connectivity index (χ3n) is 6.15. The van der Waals surface area contributed by atoms with Gasteiger partial charge in [-0.1, -0.05) is 24.3 Å². The highest BCUT2D eigenvalue weighted by molar-refractivity contribution is 6.11. The van der Waals surface area contributed by atoms with E-state index in [-0.39, 0.29) is 36.4 Å². The number of carbonyl (C=O) groups excluding carboxylic acids is 3. The summed E-state index contributed by atoms with van der Waals surface area (Å²) < 4.78 is 5.75. The van der Waals surface area contributed by atoms with E-state index in [1.165, 1.54) is 4.90 Å². The van der Waals surface area contributed by atoms with E-state index in [1.807, 2.05) is 58.0 Å². The molecule has 1 saturated heterocycles. The molecule has 7 heteroatoms. The Bertz CT molecular complexity index is 1070. The van der Waals surface area contributed by atoms with Crippen molar-refractivity contribution >= 4 is 23.4 Å². The SMILES string of the molecule is CC(C)Oc1cccc(C(C)NC(=O)CN2C(=O)c3ccccc3N3C(=O)CCC23C)c1. The van der Waals surface area contributed by atoms with E-state index >= 15 is 0 Å². The van der Waals surface area contributed by atoms with Crippen LogP contribution in [0.3, 0.4) is 0 Å². The Morgan fingerprint density at radius 2 is 1.88 bits per heavy atom. The zero-order chi connectivity index (χ0) is 23.0. The molecule has 2 aliphatic heterocycles. The van der Waals surface area contributed by atoms with Crippen LogP contribution in [0.4, 0.5) is 5.69 Å². The summed E-state index contributed by atoms with van der Waals surface area (Å²) >= 11 is 0. The first-order valence-corrected chi connectivity index (χ1v) is 11.0. The maximum atomic E-state index is 13.3. The van der Waals surface area contributed by atoms with Crippen LogP contribution in [-0.4, -0.2) is 40.9 Å². The summed E-state index contributed by atoms with van der Waals surface area (Å²) in [5.41, 5.74) is 1.12. The lowest BCUT2D eigenvalue weighted by atomic mass is 9.98. The first-order chi connectivity index (χ1) is 15.2. The van der Waals surface area contributed by atoms with E-state index < -0.39 is 5.66 Å². The van der Waals surface area contributed by atoms with Gasteiger partial charge in [-0.3, -0.25) is 19.3 Å². The molecule has 32 heavy (non-hydrogen) atoms. The normalized spacial score (nSPS) is 20.8. The van der Waals surface area contributed by atoms with Crippen molar-refractivity contribution in [2.24, 2.45) is 0 Å². The summed E-state index contributed by atoms with van der Waals surface area (Å²) in [5, 5.41) is 2.99. The van der Waals surface area contributed by atoms with Gasteiger partial charge in [0.05, 0.1) is 23.4 Å². The lowest BCUT2D eigenvalue weighted by Crippen LogP contribution is -2.63. The van der Waals surface area contributed by atoms with Gasteiger partial charge in [-0.15, -0.1) is 0 Å². The average molecular weight is 436 g/mol. The first kappa shape index (κ1) is 21.9. The molecule has 2 aliphatic rings. The smallest absolute Gasteiger partial charge is 0.258 e. The number of hydrogen-bond donors (Lipinski definition) is 1. The fourth-order valence-electron chi connectivity index (χ4n) is 4.58. The topological polar surface area (TPSA) is 79.0 Å². The number of nitrogens with one attached hydrogen (secondary N) is 1.